The van der Waals surface area contributed by atoms with E-state index in [2.05, 4.69) is 15.6 Å². The summed E-state index contributed by atoms with van der Waals surface area (Å²) < 4.78 is 11.5. The van der Waals surface area contributed by atoms with Crippen molar-refractivity contribution in [2.24, 2.45) is 5.92 Å². The lowest BCUT2D eigenvalue weighted by atomic mass is 10.3. The Morgan fingerprint density at radius 1 is 1.46 bits per heavy atom. The highest BCUT2D eigenvalue weighted by molar-refractivity contribution is 7.14. The Balaban J connectivity index is 1.53. The summed E-state index contributed by atoms with van der Waals surface area (Å²) in [7, 11) is 0. The van der Waals surface area contributed by atoms with E-state index < -0.39 is 0 Å². The molecule has 1 fully saturated rings. The van der Waals surface area contributed by atoms with Gasteiger partial charge in [0.15, 0.2) is 0 Å². The number of urea groups is 1. The van der Waals surface area contributed by atoms with Crippen LogP contribution in [0.4, 0.5) is 4.79 Å². The van der Waals surface area contributed by atoms with Crippen LogP contribution in [-0.2, 0) is 0 Å². The van der Waals surface area contributed by atoms with Gasteiger partial charge < -0.3 is 20.1 Å². The third-order valence-electron chi connectivity index (χ3n) is 4.03. The highest BCUT2D eigenvalue weighted by Gasteiger charge is 2.22. The van der Waals surface area contributed by atoms with Crippen LogP contribution in [0.2, 0.25) is 5.02 Å². The fourth-order valence-corrected chi connectivity index (χ4v) is 3.25. The number of ether oxygens (including phenoxy) is 2. The van der Waals surface area contributed by atoms with Crippen molar-refractivity contribution in [3.8, 4) is 16.7 Å². The number of hydrogen-bond donors (Lipinski definition) is 2. The molecule has 1 aliphatic carbocycles. The maximum Gasteiger partial charge on any atom is 0.315 e. The average molecular weight is 422 g/mol. The lowest BCUT2D eigenvalue weighted by molar-refractivity contribution is 0.240. The van der Waals surface area contributed by atoms with Crippen molar-refractivity contribution in [1.29, 1.82) is 0 Å². The van der Waals surface area contributed by atoms with E-state index in [0.717, 1.165) is 17.2 Å². The van der Waals surface area contributed by atoms with Crippen LogP contribution in [0.25, 0.3) is 6.08 Å². The van der Waals surface area contributed by atoms with Crippen LogP contribution in [-0.4, -0.2) is 30.2 Å². The van der Waals surface area contributed by atoms with E-state index in [0.29, 0.717) is 28.4 Å². The number of amides is 2. The first-order chi connectivity index (χ1) is 13.5. The molecule has 1 aromatic heterocycles. The summed E-state index contributed by atoms with van der Waals surface area (Å²) in [5, 5.41) is 6.50. The van der Waals surface area contributed by atoms with Crippen molar-refractivity contribution in [1.82, 2.24) is 15.6 Å². The molecule has 0 unspecified atom stereocenters. The van der Waals surface area contributed by atoms with Crippen molar-refractivity contribution in [3.05, 3.63) is 40.4 Å². The fraction of sp³-hybridized carbons (Fsp3) is 0.400. The van der Waals surface area contributed by atoms with E-state index in [-0.39, 0.29) is 12.1 Å². The average Bonchev–Trinajstić information content (AvgIpc) is 3.38. The molecule has 8 heteroatoms. The minimum Gasteiger partial charge on any atom is -0.493 e. The van der Waals surface area contributed by atoms with Crippen molar-refractivity contribution < 1.29 is 14.3 Å². The second-order valence-electron chi connectivity index (χ2n) is 6.63. The number of aromatic nitrogens is 1. The minimum absolute atomic E-state index is 0.101. The normalized spacial score (nSPS) is 14.7. The molecule has 1 aliphatic rings. The summed E-state index contributed by atoms with van der Waals surface area (Å²) in [4.78, 5) is 16.7. The molecule has 1 heterocycles. The first-order valence-corrected chi connectivity index (χ1v) is 10.5. The number of carbonyl (C=O) groups is 1. The zero-order valence-electron chi connectivity index (χ0n) is 15.9. The number of rotatable bonds is 9. The first kappa shape index (κ1) is 20.5. The van der Waals surface area contributed by atoms with E-state index in [1.54, 1.807) is 18.3 Å². The van der Waals surface area contributed by atoms with Gasteiger partial charge in [-0.15, -0.1) is 0 Å². The largest absolute Gasteiger partial charge is 0.493 e. The molecule has 2 amide bonds. The highest BCUT2D eigenvalue weighted by Crippen LogP contribution is 2.35. The van der Waals surface area contributed by atoms with Gasteiger partial charge in [-0.25, -0.2) is 9.78 Å². The number of hydrogen-bond acceptors (Lipinski definition) is 5. The lowest BCUT2D eigenvalue weighted by Crippen LogP contribution is -2.39. The summed E-state index contributed by atoms with van der Waals surface area (Å²) in [6.07, 6.45) is 8.01. The summed E-state index contributed by atoms with van der Waals surface area (Å²) in [5.74, 6) is 1.98. The smallest absolute Gasteiger partial charge is 0.315 e. The van der Waals surface area contributed by atoms with Crippen LogP contribution in [0.3, 0.4) is 0 Å². The Labute approximate surface area is 173 Å². The molecule has 0 spiro atoms. The van der Waals surface area contributed by atoms with Gasteiger partial charge >= 0.3 is 6.03 Å². The molecule has 1 saturated carbocycles. The molecule has 2 N–H and O–H groups in total. The summed E-state index contributed by atoms with van der Waals surface area (Å²) >= 11 is 7.70. The maximum atomic E-state index is 11.5. The van der Waals surface area contributed by atoms with Crippen molar-refractivity contribution in [3.63, 3.8) is 0 Å². The molecule has 6 nitrogen and oxygen atoms in total. The standard InChI is InChI=1S/C20H24ClN3O3S/c1-3-22-19(25)24-13(2)4-8-16-11-23-20(28-16)27-18-9-7-15(10-17(18)21)26-12-14-5-6-14/h4,7-11,13-14H,3,5-6,12H2,1-2H3,(H2,22,24,25)/t13-/m0/s1. The van der Waals surface area contributed by atoms with Gasteiger partial charge in [0.1, 0.15) is 11.5 Å². The quantitative estimate of drug-likeness (QED) is 0.590. The topological polar surface area (TPSA) is 72.5 Å². The Hall–Kier alpha value is -2.25. The van der Waals surface area contributed by atoms with E-state index in [9.17, 15) is 4.79 Å². The zero-order chi connectivity index (χ0) is 19.9. The van der Waals surface area contributed by atoms with Crippen molar-refractivity contribution in [2.45, 2.75) is 32.7 Å². The van der Waals surface area contributed by atoms with E-state index in [4.69, 9.17) is 21.1 Å². The summed E-state index contributed by atoms with van der Waals surface area (Å²) in [6, 6.07) is 5.12. The molecule has 28 heavy (non-hydrogen) atoms. The molecule has 3 rings (SSSR count). The predicted octanol–water partition coefficient (Wildman–Crippen LogP) is 5.10. The Bertz CT molecular complexity index is 836. The van der Waals surface area contributed by atoms with Crippen LogP contribution in [0.1, 0.15) is 31.6 Å². The molecule has 150 valence electrons. The van der Waals surface area contributed by atoms with Gasteiger partial charge in [-0.3, -0.25) is 0 Å². The molecule has 0 saturated heterocycles. The SMILES string of the molecule is CCNC(=O)N[C@@H](C)C=Cc1cnc(Oc2ccc(OCC3CC3)cc2Cl)s1. The first-order valence-electron chi connectivity index (χ1n) is 9.32. The molecule has 2 aromatic rings. The van der Waals surface area contributed by atoms with Crippen molar-refractivity contribution >= 4 is 35.0 Å². The number of nitrogens with zero attached hydrogens (tertiary/aromatic N) is 1. The van der Waals surface area contributed by atoms with Gasteiger partial charge in [0, 0.05) is 24.8 Å². The third-order valence-corrected chi connectivity index (χ3v) is 5.17. The number of carbonyl (C=O) groups excluding carboxylic acids is 1. The van der Waals surface area contributed by atoms with Crippen LogP contribution < -0.4 is 20.1 Å². The van der Waals surface area contributed by atoms with Gasteiger partial charge in [0.25, 0.3) is 5.19 Å². The molecule has 0 aliphatic heterocycles. The molecule has 1 atom stereocenters. The molecular weight excluding hydrogens is 398 g/mol. The van der Waals surface area contributed by atoms with E-state index in [1.807, 2.05) is 32.1 Å². The summed E-state index contributed by atoms with van der Waals surface area (Å²) in [5.41, 5.74) is 0. The van der Waals surface area contributed by atoms with Crippen LogP contribution in [0.15, 0.2) is 30.5 Å². The number of benzene rings is 1. The van der Waals surface area contributed by atoms with Gasteiger partial charge in [-0.2, -0.15) is 0 Å². The number of halogens is 1. The van der Waals surface area contributed by atoms with Gasteiger partial charge in [0.05, 0.1) is 16.5 Å². The van der Waals surface area contributed by atoms with Gasteiger partial charge in [-0.1, -0.05) is 29.0 Å². The monoisotopic (exact) mass is 421 g/mol. The fourth-order valence-electron chi connectivity index (χ4n) is 2.35. The van der Waals surface area contributed by atoms with Crippen LogP contribution in [0.5, 0.6) is 16.7 Å². The molecule has 1 aromatic carbocycles. The Morgan fingerprint density at radius 3 is 3.00 bits per heavy atom. The van der Waals surface area contributed by atoms with Crippen LogP contribution >= 0.6 is 22.9 Å². The second kappa shape index (κ2) is 9.80. The van der Waals surface area contributed by atoms with E-state index in [1.165, 1.54) is 24.2 Å². The highest BCUT2D eigenvalue weighted by atomic mass is 35.5. The lowest BCUT2D eigenvalue weighted by Gasteiger charge is -2.09. The van der Waals surface area contributed by atoms with Gasteiger partial charge in [0.2, 0.25) is 0 Å². The maximum absolute atomic E-state index is 11.5. The third kappa shape index (κ3) is 6.42. The van der Waals surface area contributed by atoms with Crippen molar-refractivity contribution in [2.75, 3.05) is 13.2 Å². The number of thiazole rings is 1. The minimum atomic E-state index is -0.188. The molecule has 0 bridgehead atoms. The van der Waals surface area contributed by atoms with Gasteiger partial charge in [-0.05, 0) is 50.8 Å². The Morgan fingerprint density at radius 2 is 2.29 bits per heavy atom. The molecule has 0 radical (unpaired) electrons. The Kier molecular flexibility index (Phi) is 7.17. The predicted molar refractivity (Wildman–Crippen MR) is 113 cm³/mol. The molecular formula is C20H24ClN3O3S. The van der Waals surface area contributed by atoms with E-state index >= 15 is 0 Å². The summed E-state index contributed by atoms with van der Waals surface area (Å²) in [6.45, 7) is 5.11. The number of nitrogens with one attached hydrogen (secondary N) is 2. The zero-order valence-corrected chi connectivity index (χ0v) is 17.5. The second-order valence-corrected chi connectivity index (χ2v) is 8.06. The van der Waals surface area contributed by atoms with Crippen LogP contribution in [0, 0.1) is 5.92 Å².